The molecule has 2 aromatic rings. The lowest BCUT2D eigenvalue weighted by Crippen LogP contribution is -2.29. The summed E-state index contributed by atoms with van der Waals surface area (Å²) >= 11 is 0. The predicted octanol–water partition coefficient (Wildman–Crippen LogP) is 1.29. The smallest absolute Gasteiger partial charge is 0.349 e. The van der Waals surface area contributed by atoms with Crippen LogP contribution < -0.4 is 16.6 Å². The van der Waals surface area contributed by atoms with Gasteiger partial charge in [0.1, 0.15) is 0 Å². The van der Waals surface area contributed by atoms with Gasteiger partial charge in [0, 0.05) is 18.8 Å². The van der Waals surface area contributed by atoms with Gasteiger partial charge >= 0.3 is 5.69 Å². The van der Waals surface area contributed by atoms with Crippen LogP contribution in [0.15, 0.2) is 52.1 Å². The lowest BCUT2D eigenvalue weighted by molar-refractivity contribution is 0.105. The average molecular weight is 435 g/mol. The Kier molecular flexibility index (Phi) is 6.29. The monoisotopic (exact) mass is 435 g/mol. The van der Waals surface area contributed by atoms with Crippen LogP contribution in [-0.2, 0) is 13.0 Å². The van der Waals surface area contributed by atoms with Crippen molar-refractivity contribution >= 4 is 16.7 Å². The fourth-order valence-electron chi connectivity index (χ4n) is 3.74. The molecule has 2 aromatic carbocycles. The zero-order valence-electron chi connectivity index (χ0n) is 17.7. The number of aliphatic hydroxyl groups is 2. The lowest BCUT2D eigenvalue weighted by atomic mass is 10.1. The number of aryl methyl sites for hydroxylation is 3. The van der Waals surface area contributed by atoms with Crippen LogP contribution in [0.3, 0.4) is 0 Å². The van der Waals surface area contributed by atoms with E-state index in [4.69, 9.17) is 5.11 Å². The van der Waals surface area contributed by atoms with E-state index in [1.807, 2.05) is 41.8 Å². The summed E-state index contributed by atoms with van der Waals surface area (Å²) in [5, 5.41) is 21.9. The zero-order valence-corrected chi connectivity index (χ0v) is 17.7. The number of fused-ring (bicyclic) bond motifs is 2. The van der Waals surface area contributed by atoms with Crippen LogP contribution in [0.25, 0.3) is 22.6 Å². The van der Waals surface area contributed by atoms with Gasteiger partial charge in [0.25, 0.3) is 5.56 Å². The minimum Gasteiger partial charge on any atom is -0.394 e. The zero-order chi connectivity index (χ0) is 22.7. The lowest BCUT2D eigenvalue weighted by Gasteiger charge is -2.19. The first-order valence-electron chi connectivity index (χ1n) is 10.5. The van der Waals surface area contributed by atoms with Gasteiger partial charge in [-0.1, -0.05) is 30.3 Å². The molecule has 0 aromatic heterocycles. The number of hydrogen-bond acceptors (Lipinski definition) is 7. The summed E-state index contributed by atoms with van der Waals surface area (Å²) in [6.07, 6.45) is 0.707. The molecule has 0 radical (unpaired) electrons. The highest BCUT2D eigenvalue weighted by atomic mass is 16.3. The highest BCUT2D eigenvalue weighted by Gasteiger charge is 2.19. The average Bonchev–Trinajstić information content (AvgIpc) is 2.78. The van der Waals surface area contributed by atoms with Crippen LogP contribution in [0.5, 0.6) is 0 Å². The second-order valence-electron chi connectivity index (χ2n) is 7.77. The van der Waals surface area contributed by atoms with Gasteiger partial charge in [-0.15, -0.1) is 0 Å². The summed E-state index contributed by atoms with van der Waals surface area (Å²) in [6.45, 7) is 2.26. The van der Waals surface area contributed by atoms with Crippen LogP contribution in [0.4, 0.5) is 5.69 Å². The molecule has 0 spiro atoms. The molecule has 0 fully saturated rings. The standard InChI is InChI=1S/C23H25N5O4/c1-14-10-18-19(11-17(14)24-12-16(30)13-29)28(9-5-8-15-6-3-2-4-7-15)21-20(25-18)22(31)27-23(32)26-21/h2-4,6-7,10-11,16,24,29-30H,5,8-9,12-13H2,1H3,(H,27,31,32). The van der Waals surface area contributed by atoms with E-state index < -0.39 is 17.4 Å². The highest BCUT2D eigenvalue weighted by Crippen LogP contribution is 2.27. The molecule has 2 heterocycles. The Balaban J connectivity index is 1.79. The Labute approximate surface area is 183 Å². The molecule has 2 aliphatic heterocycles. The van der Waals surface area contributed by atoms with E-state index in [0.717, 1.165) is 29.6 Å². The van der Waals surface area contributed by atoms with Gasteiger partial charge in [0.2, 0.25) is 0 Å². The summed E-state index contributed by atoms with van der Waals surface area (Å²) in [5.74, 6) is 0.240. The van der Waals surface area contributed by atoms with Crippen molar-refractivity contribution in [3.05, 3.63) is 74.4 Å². The van der Waals surface area contributed by atoms with Gasteiger partial charge in [-0.3, -0.25) is 9.78 Å². The first-order valence-corrected chi connectivity index (χ1v) is 10.5. The Morgan fingerprint density at radius 1 is 1.16 bits per heavy atom. The number of anilines is 1. The summed E-state index contributed by atoms with van der Waals surface area (Å²) in [6, 6.07) is 13.8. The normalized spacial score (nSPS) is 12.3. The summed E-state index contributed by atoms with van der Waals surface area (Å²) in [5.41, 5.74) is 2.99. The van der Waals surface area contributed by atoms with Crippen LogP contribution in [0, 0.1) is 6.92 Å². The largest absolute Gasteiger partial charge is 0.394 e. The quantitative estimate of drug-likeness (QED) is 0.307. The highest BCUT2D eigenvalue weighted by molar-refractivity contribution is 5.84. The fourth-order valence-corrected chi connectivity index (χ4v) is 3.74. The second-order valence-corrected chi connectivity index (χ2v) is 7.77. The van der Waals surface area contributed by atoms with E-state index >= 15 is 0 Å². The maximum absolute atomic E-state index is 12.4. The summed E-state index contributed by atoms with van der Waals surface area (Å²) in [4.78, 5) is 35.1. The molecule has 166 valence electrons. The topological polar surface area (TPSA) is 133 Å². The van der Waals surface area contributed by atoms with E-state index in [1.165, 1.54) is 5.56 Å². The second kappa shape index (κ2) is 9.29. The van der Waals surface area contributed by atoms with Crippen molar-refractivity contribution in [3.63, 3.8) is 0 Å². The molecule has 1 unspecified atom stereocenters. The van der Waals surface area contributed by atoms with Crippen molar-refractivity contribution < 1.29 is 10.2 Å². The number of aliphatic hydroxyl groups excluding tert-OH is 2. The number of aromatic nitrogens is 4. The fraction of sp³-hybridized carbons (Fsp3) is 0.304. The Hall–Kier alpha value is -3.56. The van der Waals surface area contributed by atoms with E-state index in [1.54, 1.807) is 0 Å². The summed E-state index contributed by atoms with van der Waals surface area (Å²) in [7, 11) is 0. The van der Waals surface area contributed by atoms with E-state index in [9.17, 15) is 14.7 Å². The van der Waals surface area contributed by atoms with Crippen molar-refractivity contribution in [2.24, 2.45) is 0 Å². The van der Waals surface area contributed by atoms with Crippen molar-refractivity contribution in [2.45, 2.75) is 32.4 Å². The van der Waals surface area contributed by atoms with E-state index in [2.05, 4.69) is 32.4 Å². The minimum absolute atomic E-state index is 0.118. The number of rotatable bonds is 8. The van der Waals surface area contributed by atoms with Gasteiger partial charge in [-0.25, -0.2) is 9.78 Å². The number of nitrogens with one attached hydrogen (secondary N) is 2. The van der Waals surface area contributed by atoms with Crippen molar-refractivity contribution in [1.82, 2.24) is 19.5 Å². The van der Waals surface area contributed by atoms with Gasteiger partial charge in [0.15, 0.2) is 11.5 Å². The van der Waals surface area contributed by atoms with Crippen molar-refractivity contribution in [1.29, 1.82) is 0 Å². The SMILES string of the molecule is Cc1cc2nc3c(=O)[nH]c(=O)nc-3n(CCCc3ccccc3)c2cc1NCC(O)CO. The molecule has 0 saturated carbocycles. The van der Waals surface area contributed by atoms with E-state index in [0.29, 0.717) is 12.1 Å². The van der Waals surface area contributed by atoms with Gasteiger partial charge < -0.3 is 20.1 Å². The van der Waals surface area contributed by atoms with Crippen LogP contribution in [0.2, 0.25) is 0 Å². The minimum atomic E-state index is -0.888. The molecule has 4 N–H and O–H groups in total. The third-order valence-electron chi connectivity index (χ3n) is 5.38. The van der Waals surface area contributed by atoms with Crippen molar-refractivity contribution in [3.8, 4) is 11.5 Å². The third-order valence-corrected chi connectivity index (χ3v) is 5.38. The predicted molar refractivity (Wildman–Crippen MR) is 122 cm³/mol. The number of nitrogens with zero attached hydrogens (tertiary/aromatic N) is 3. The van der Waals surface area contributed by atoms with Crippen LogP contribution in [0.1, 0.15) is 17.5 Å². The van der Waals surface area contributed by atoms with Crippen LogP contribution >= 0.6 is 0 Å². The number of H-pyrrole nitrogens is 1. The van der Waals surface area contributed by atoms with Gasteiger partial charge in [-0.2, -0.15) is 4.98 Å². The molecular formula is C23H25N5O4. The first-order chi connectivity index (χ1) is 15.5. The van der Waals surface area contributed by atoms with Crippen molar-refractivity contribution in [2.75, 3.05) is 18.5 Å². The number of benzene rings is 2. The van der Waals surface area contributed by atoms with Crippen LogP contribution in [-0.4, -0.2) is 49.0 Å². The Morgan fingerprint density at radius 3 is 2.69 bits per heavy atom. The summed E-state index contributed by atoms with van der Waals surface area (Å²) < 4.78 is 1.85. The first kappa shape index (κ1) is 21.7. The molecule has 0 saturated heterocycles. The maximum Gasteiger partial charge on any atom is 0.349 e. The molecule has 4 rings (SSSR count). The Bertz CT molecular complexity index is 1320. The molecule has 1 atom stereocenters. The number of hydrogen-bond donors (Lipinski definition) is 4. The molecule has 9 heteroatoms. The Morgan fingerprint density at radius 2 is 1.94 bits per heavy atom. The van der Waals surface area contributed by atoms with E-state index in [-0.39, 0.29) is 24.7 Å². The van der Waals surface area contributed by atoms with Gasteiger partial charge in [-0.05, 0) is 43.0 Å². The molecule has 0 bridgehead atoms. The molecule has 32 heavy (non-hydrogen) atoms. The molecule has 2 aliphatic rings. The molecular weight excluding hydrogens is 410 g/mol. The molecule has 0 amide bonds. The molecule has 0 aliphatic carbocycles. The molecule has 9 nitrogen and oxygen atoms in total. The number of aromatic amines is 1. The third kappa shape index (κ3) is 4.53. The maximum atomic E-state index is 12.4. The van der Waals surface area contributed by atoms with Gasteiger partial charge in [0.05, 0.1) is 23.7 Å².